The molecule has 1 aromatic rings. The van der Waals surface area contributed by atoms with Gasteiger partial charge >= 0.3 is 0 Å². The predicted molar refractivity (Wildman–Crippen MR) is 46.1 cm³/mol. The lowest BCUT2D eigenvalue weighted by Crippen LogP contribution is -2.07. The Morgan fingerprint density at radius 3 is 2.33 bits per heavy atom. The van der Waals surface area contributed by atoms with E-state index < -0.39 is 5.24 Å². The third-order valence-corrected chi connectivity index (χ3v) is 1.55. The molecule has 0 aliphatic carbocycles. The van der Waals surface area contributed by atoms with Gasteiger partial charge in [-0.1, -0.05) is 11.6 Å². The Labute approximate surface area is 77.7 Å². The van der Waals surface area contributed by atoms with Crippen LogP contribution in [0.1, 0.15) is 10.5 Å². The van der Waals surface area contributed by atoms with Gasteiger partial charge in [0.25, 0.3) is 5.24 Å². The van der Waals surface area contributed by atoms with Crippen molar-refractivity contribution in [1.82, 2.24) is 9.97 Å². The highest BCUT2D eigenvalue weighted by Crippen LogP contribution is 2.18. The zero-order valence-corrected chi connectivity index (χ0v) is 7.23. The Morgan fingerprint density at radius 2 is 1.83 bits per heavy atom. The van der Waals surface area contributed by atoms with E-state index in [4.69, 9.17) is 34.7 Å². The van der Waals surface area contributed by atoms with Gasteiger partial charge in [0.1, 0.15) is 0 Å². The maximum Gasteiger partial charge on any atom is 0.274 e. The van der Waals surface area contributed by atoms with Crippen molar-refractivity contribution in [2.75, 3.05) is 11.5 Å². The fourth-order valence-corrected chi connectivity index (χ4v) is 0.852. The van der Waals surface area contributed by atoms with Gasteiger partial charge in [-0.25, -0.2) is 9.97 Å². The van der Waals surface area contributed by atoms with Crippen LogP contribution in [0.5, 0.6) is 0 Å². The van der Waals surface area contributed by atoms with Crippen LogP contribution in [0.25, 0.3) is 0 Å². The third kappa shape index (κ3) is 1.57. The van der Waals surface area contributed by atoms with Gasteiger partial charge in [0, 0.05) is 0 Å². The van der Waals surface area contributed by atoms with E-state index in [-0.39, 0.29) is 22.5 Å². The number of aromatic nitrogens is 2. The van der Waals surface area contributed by atoms with E-state index >= 15 is 0 Å². The minimum Gasteiger partial charge on any atom is -0.382 e. The van der Waals surface area contributed by atoms with E-state index in [2.05, 4.69) is 9.97 Å². The van der Waals surface area contributed by atoms with Crippen molar-refractivity contribution in [2.24, 2.45) is 0 Å². The molecule has 1 heterocycles. The van der Waals surface area contributed by atoms with Gasteiger partial charge in [-0.2, -0.15) is 0 Å². The predicted octanol–water partition coefficient (Wildman–Crippen LogP) is 0.673. The number of nitrogens with two attached hydrogens (primary N) is 2. The third-order valence-electron chi connectivity index (χ3n) is 1.09. The van der Waals surface area contributed by atoms with Crippen LogP contribution >= 0.6 is 23.2 Å². The second-order valence-corrected chi connectivity index (χ2v) is 2.61. The Morgan fingerprint density at radius 1 is 1.25 bits per heavy atom. The number of nitrogens with zero attached hydrogens (tertiary/aromatic N) is 2. The Kier molecular flexibility index (Phi) is 2.35. The van der Waals surface area contributed by atoms with Crippen LogP contribution in [-0.2, 0) is 0 Å². The highest BCUT2D eigenvalue weighted by molar-refractivity contribution is 6.68. The number of carbonyl (C=O) groups excluding carboxylic acids is 1. The van der Waals surface area contributed by atoms with Crippen molar-refractivity contribution >= 4 is 40.1 Å². The summed E-state index contributed by atoms with van der Waals surface area (Å²) in [4.78, 5) is 17.7. The molecule has 0 spiro atoms. The molecule has 1 rings (SSSR count). The van der Waals surface area contributed by atoms with Crippen molar-refractivity contribution in [3.8, 4) is 0 Å². The maximum absolute atomic E-state index is 10.6. The number of hydrogen-bond donors (Lipinski definition) is 2. The lowest BCUT2D eigenvalue weighted by Gasteiger charge is -2.00. The molecule has 0 bridgehead atoms. The van der Waals surface area contributed by atoms with Gasteiger partial charge in [0.15, 0.2) is 22.5 Å². The molecule has 0 amide bonds. The molecule has 0 fully saturated rings. The summed E-state index contributed by atoms with van der Waals surface area (Å²) < 4.78 is 0. The van der Waals surface area contributed by atoms with Crippen LogP contribution in [-0.4, -0.2) is 15.2 Å². The van der Waals surface area contributed by atoms with Gasteiger partial charge < -0.3 is 11.5 Å². The Balaban J connectivity index is 3.33. The topological polar surface area (TPSA) is 94.9 Å². The second-order valence-electron chi connectivity index (χ2n) is 1.91. The minimum atomic E-state index is -0.818. The van der Waals surface area contributed by atoms with Crippen LogP contribution in [0, 0.1) is 0 Å². The van der Waals surface area contributed by atoms with Crippen LogP contribution in [0.4, 0.5) is 11.6 Å². The quantitative estimate of drug-likeness (QED) is 0.660. The maximum atomic E-state index is 10.6. The summed E-state index contributed by atoms with van der Waals surface area (Å²) in [5, 5.41) is -0.907. The highest BCUT2D eigenvalue weighted by atomic mass is 35.5. The summed E-state index contributed by atoms with van der Waals surface area (Å²) in [5.41, 5.74) is 10.3. The number of nitrogen functional groups attached to an aromatic ring is 2. The van der Waals surface area contributed by atoms with E-state index in [0.29, 0.717) is 0 Å². The summed E-state index contributed by atoms with van der Waals surface area (Å²) in [6, 6.07) is 0. The fourth-order valence-electron chi connectivity index (χ4n) is 0.586. The van der Waals surface area contributed by atoms with Crippen LogP contribution in [0.3, 0.4) is 0 Å². The standard InChI is InChI=1S/C5H4Cl2N4O/c6-2-5(9)11-4(8)1(10-2)3(7)12/h(H4,8,9,11). The second kappa shape index (κ2) is 3.12. The van der Waals surface area contributed by atoms with Crippen molar-refractivity contribution in [1.29, 1.82) is 0 Å². The first-order valence-electron chi connectivity index (χ1n) is 2.80. The number of hydrogen-bond acceptors (Lipinski definition) is 5. The molecule has 0 saturated carbocycles. The molecule has 4 N–H and O–H groups in total. The molecule has 0 atom stereocenters. The van der Waals surface area contributed by atoms with Gasteiger partial charge in [-0.05, 0) is 11.6 Å². The zero-order valence-electron chi connectivity index (χ0n) is 5.71. The number of carbonyl (C=O) groups is 1. The fraction of sp³-hybridized carbons (Fsp3) is 0. The van der Waals surface area contributed by atoms with E-state index in [1.165, 1.54) is 0 Å². The molecular weight excluding hydrogens is 203 g/mol. The molecule has 12 heavy (non-hydrogen) atoms. The van der Waals surface area contributed by atoms with Crippen molar-refractivity contribution in [2.45, 2.75) is 0 Å². The smallest absolute Gasteiger partial charge is 0.274 e. The molecular formula is C5H4Cl2N4O. The van der Waals surface area contributed by atoms with Gasteiger partial charge in [0.2, 0.25) is 0 Å². The molecule has 64 valence electrons. The number of halogens is 2. The molecule has 1 aromatic heterocycles. The first kappa shape index (κ1) is 9.02. The molecule has 0 radical (unpaired) electrons. The van der Waals surface area contributed by atoms with Crippen LogP contribution < -0.4 is 11.5 Å². The highest BCUT2D eigenvalue weighted by Gasteiger charge is 2.12. The van der Waals surface area contributed by atoms with Crippen LogP contribution in [0.2, 0.25) is 5.15 Å². The van der Waals surface area contributed by atoms with Crippen molar-refractivity contribution < 1.29 is 4.79 Å². The molecule has 0 saturated heterocycles. The molecule has 0 unspecified atom stereocenters. The SMILES string of the molecule is Nc1nc(N)c(C(=O)Cl)nc1Cl. The van der Waals surface area contributed by atoms with Crippen LogP contribution in [0.15, 0.2) is 0 Å². The molecule has 5 nitrogen and oxygen atoms in total. The zero-order chi connectivity index (χ0) is 9.30. The summed E-state index contributed by atoms with van der Waals surface area (Å²) in [5.74, 6) is -0.160. The van der Waals surface area contributed by atoms with Crippen molar-refractivity contribution in [3.63, 3.8) is 0 Å². The monoisotopic (exact) mass is 206 g/mol. The first-order chi connectivity index (χ1) is 5.52. The summed E-state index contributed by atoms with van der Waals surface area (Å²) >= 11 is 10.6. The lowest BCUT2D eigenvalue weighted by molar-refractivity contribution is 0.107. The van der Waals surface area contributed by atoms with Crippen molar-refractivity contribution in [3.05, 3.63) is 10.8 Å². The summed E-state index contributed by atoms with van der Waals surface area (Å²) in [6.07, 6.45) is 0. The summed E-state index contributed by atoms with van der Waals surface area (Å²) in [7, 11) is 0. The van der Waals surface area contributed by atoms with Gasteiger partial charge in [0.05, 0.1) is 0 Å². The number of rotatable bonds is 1. The summed E-state index contributed by atoms with van der Waals surface area (Å²) in [6.45, 7) is 0. The number of anilines is 2. The molecule has 0 aliphatic heterocycles. The lowest BCUT2D eigenvalue weighted by atomic mass is 10.4. The van der Waals surface area contributed by atoms with E-state index in [1.54, 1.807) is 0 Å². The van der Waals surface area contributed by atoms with E-state index in [9.17, 15) is 4.79 Å². The Hall–Kier alpha value is -1.07. The van der Waals surface area contributed by atoms with E-state index in [1.807, 2.05) is 0 Å². The normalized spacial score (nSPS) is 9.83. The molecule has 0 aliphatic rings. The largest absolute Gasteiger partial charge is 0.382 e. The molecule has 0 aromatic carbocycles. The minimum absolute atomic E-state index is 0.0316. The average Bonchev–Trinajstić information content (AvgIpc) is 1.96. The Bertz CT molecular complexity index is 340. The van der Waals surface area contributed by atoms with Gasteiger partial charge in [-0.15, -0.1) is 0 Å². The molecule has 7 heteroatoms. The van der Waals surface area contributed by atoms with E-state index in [0.717, 1.165) is 0 Å². The average molecular weight is 207 g/mol. The first-order valence-corrected chi connectivity index (χ1v) is 3.56. The van der Waals surface area contributed by atoms with Gasteiger partial charge in [-0.3, -0.25) is 4.79 Å².